The lowest BCUT2D eigenvalue weighted by Gasteiger charge is -2.11. The van der Waals surface area contributed by atoms with E-state index in [-0.39, 0.29) is 5.56 Å². The van der Waals surface area contributed by atoms with Gasteiger partial charge in [0.1, 0.15) is 0 Å². The number of nitrogens with one attached hydrogen (secondary N) is 1. The average Bonchev–Trinajstić information content (AvgIpc) is 2.20. The molecule has 0 fully saturated rings. The summed E-state index contributed by atoms with van der Waals surface area (Å²) in [5.74, 6) is 0. The number of para-hydroxylation sites is 1. The first-order valence-electron chi connectivity index (χ1n) is 4.98. The molecular formula is C12H12N2O2. The zero-order chi connectivity index (χ0) is 11.7. The molecular weight excluding hydrogens is 204 g/mol. The summed E-state index contributed by atoms with van der Waals surface area (Å²) in [6.07, 6.45) is 1.50. The number of hydrogen-bond donors (Lipinski definition) is 1. The molecule has 2 rings (SSSR count). The molecule has 4 heteroatoms. The van der Waals surface area contributed by atoms with E-state index in [9.17, 15) is 9.59 Å². The van der Waals surface area contributed by atoms with Gasteiger partial charge < -0.3 is 0 Å². The van der Waals surface area contributed by atoms with Crippen LogP contribution in [-0.4, -0.2) is 9.55 Å². The average molecular weight is 216 g/mol. The lowest BCUT2D eigenvalue weighted by molar-refractivity contribution is 0.882. The van der Waals surface area contributed by atoms with Crippen LogP contribution in [0.25, 0.3) is 5.69 Å². The van der Waals surface area contributed by atoms with Crippen LogP contribution in [0.15, 0.2) is 40.1 Å². The summed E-state index contributed by atoms with van der Waals surface area (Å²) in [6, 6.07) is 7.14. The van der Waals surface area contributed by atoms with E-state index < -0.39 is 5.69 Å². The van der Waals surface area contributed by atoms with Gasteiger partial charge in [-0.2, -0.15) is 0 Å². The van der Waals surface area contributed by atoms with Gasteiger partial charge in [0.25, 0.3) is 5.56 Å². The number of aryl methyl sites for hydroxylation is 2. The number of H-pyrrole nitrogens is 1. The molecule has 0 atom stereocenters. The van der Waals surface area contributed by atoms with Crippen molar-refractivity contribution in [3.05, 3.63) is 62.4 Å². The molecule has 0 radical (unpaired) electrons. The highest BCUT2D eigenvalue weighted by Gasteiger charge is 2.06. The van der Waals surface area contributed by atoms with E-state index in [2.05, 4.69) is 4.98 Å². The third kappa shape index (κ3) is 1.69. The van der Waals surface area contributed by atoms with Gasteiger partial charge in [-0.1, -0.05) is 18.2 Å². The number of rotatable bonds is 1. The van der Waals surface area contributed by atoms with Crippen LogP contribution >= 0.6 is 0 Å². The van der Waals surface area contributed by atoms with Crippen molar-refractivity contribution < 1.29 is 0 Å². The summed E-state index contributed by atoms with van der Waals surface area (Å²) in [5.41, 5.74) is 2.02. The molecule has 2 aromatic rings. The largest absolute Gasteiger partial charge is 0.332 e. The molecule has 0 saturated carbocycles. The molecule has 4 nitrogen and oxygen atoms in total. The van der Waals surface area contributed by atoms with Crippen molar-refractivity contribution in [2.24, 2.45) is 0 Å². The highest BCUT2D eigenvalue weighted by Crippen LogP contribution is 2.15. The van der Waals surface area contributed by atoms with Gasteiger partial charge in [-0.15, -0.1) is 0 Å². The summed E-state index contributed by atoms with van der Waals surface area (Å²) in [7, 11) is 0. The molecule has 0 saturated heterocycles. The zero-order valence-corrected chi connectivity index (χ0v) is 9.15. The Balaban J connectivity index is 2.78. The third-order valence-corrected chi connectivity index (χ3v) is 2.50. The maximum Gasteiger partial charge on any atom is 0.332 e. The predicted molar refractivity (Wildman–Crippen MR) is 62.1 cm³/mol. The Morgan fingerprint density at radius 2 is 1.69 bits per heavy atom. The van der Waals surface area contributed by atoms with Gasteiger partial charge in [0.15, 0.2) is 0 Å². The Hall–Kier alpha value is -2.10. The monoisotopic (exact) mass is 216 g/mol. The fourth-order valence-corrected chi connectivity index (χ4v) is 1.78. The number of benzene rings is 1. The molecule has 0 amide bonds. The van der Waals surface area contributed by atoms with Crippen molar-refractivity contribution >= 4 is 0 Å². The molecule has 16 heavy (non-hydrogen) atoms. The summed E-state index contributed by atoms with van der Waals surface area (Å²) in [6.45, 7) is 3.86. The standard InChI is InChI=1S/C12H12N2O2/c1-8-4-3-5-9(2)11(8)14-7-6-10(15)13-12(14)16/h3-7H,1-2H3,(H,13,15,16). The minimum Gasteiger partial charge on any atom is -0.274 e. The molecule has 0 unspecified atom stereocenters. The van der Waals surface area contributed by atoms with Crippen molar-refractivity contribution in [3.8, 4) is 5.69 Å². The fourth-order valence-electron chi connectivity index (χ4n) is 1.78. The van der Waals surface area contributed by atoms with Crippen molar-refractivity contribution in [2.75, 3.05) is 0 Å². The first kappa shape index (κ1) is 10.4. The van der Waals surface area contributed by atoms with Crippen LogP contribution in [-0.2, 0) is 0 Å². The maximum atomic E-state index is 11.7. The number of nitrogens with zero attached hydrogens (tertiary/aromatic N) is 1. The Bertz CT molecular complexity index is 618. The van der Waals surface area contributed by atoms with Crippen LogP contribution in [0.5, 0.6) is 0 Å². The van der Waals surface area contributed by atoms with E-state index >= 15 is 0 Å². The molecule has 0 bridgehead atoms. The van der Waals surface area contributed by atoms with E-state index in [1.54, 1.807) is 0 Å². The Morgan fingerprint density at radius 3 is 2.25 bits per heavy atom. The van der Waals surface area contributed by atoms with Gasteiger partial charge in [-0.05, 0) is 25.0 Å². The molecule has 0 aliphatic carbocycles. The minimum absolute atomic E-state index is 0.382. The molecule has 0 spiro atoms. The second-order valence-electron chi connectivity index (χ2n) is 3.72. The Morgan fingerprint density at radius 1 is 1.06 bits per heavy atom. The number of aromatic nitrogens is 2. The summed E-state index contributed by atoms with van der Waals surface area (Å²) < 4.78 is 1.45. The minimum atomic E-state index is -0.412. The first-order valence-corrected chi connectivity index (χ1v) is 4.98. The molecule has 1 heterocycles. The van der Waals surface area contributed by atoms with Crippen molar-refractivity contribution in [1.82, 2.24) is 9.55 Å². The van der Waals surface area contributed by atoms with Crippen molar-refractivity contribution in [3.63, 3.8) is 0 Å². The molecule has 1 aromatic heterocycles. The second kappa shape index (κ2) is 3.81. The number of hydrogen-bond acceptors (Lipinski definition) is 2. The summed E-state index contributed by atoms with van der Waals surface area (Å²) in [5, 5.41) is 0. The lowest BCUT2D eigenvalue weighted by Crippen LogP contribution is -2.28. The van der Waals surface area contributed by atoms with Crippen LogP contribution in [0.2, 0.25) is 0 Å². The Kier molecular flexibility index (Phi) is 2.48. The van der Waals surface area contributed by atoms with Gasteiger partial charge in [0, 0.05) is 12.3 Å². The molecule has 0 aliphatic rings. The van der Waals surface area contributed by atoms with Crippen molar-refractivity contribution in [2.45, 2.75) is 13.8 Å². The van der Waals surface area contributed by atoms with E-state index in [0.717, 1.165) is 16.8 Å². The molecule has 1 N–H and O–H groups in total. The molecule has 1 aromatic carbocycles. The SMILES string of the molecule is Cc1cccc(C)c1-n1ccc(=O)[nH]c1=O. The highest BCUT2D eigenvalue weighted by atomic mass is 16.2. The van der Waals surface area contributed by atoms with E-state index in [1.165, 1.54) is 16.8 Å². The predicted octanol–water partition coefficient (Wildman–Crippen LogP) is 1.14. The van der Waals surface area contributed by atoms with Gasteiger partial charge in [0.2, 0.25) is 0 Å². The second-order valence-corrected chi connectivity index (χ2v) is 3.72. The van der Waals surface area contributed by atoms with Crippen molar-refractivity contribution in [1.29, 1.82) is 0 Å². The van der Waals surface area contributed by atoms with Crippen LogP contribution < -0.4 is 11.2 Å². The van der Waals surface area contributed by atoms with Gasteiger partial charge in [0.05, 0.1) is 5.69 Å². The van der Waals surface area contributed by atoms with Gasteiger partial charge >= 0.3 is 5.69 Å². The lowest BCUT2D eigenvalue weighted by atomic mass is 10.1. The van der Waals surface area contributed by atoms with Crippen LogP contribution in [0.4, 0.5) is 0 Å². The quantitative estimate of drug-likeness (QED) is 0.777. The van der Waals surface area contributed by atoms with Gasteiger partial charge in [-0.3, -0.25) is 14.3 Å². The van der Waals surface area contributed by atoms with E-state index in [4.69, 9.17) is 0 Å². The Labute approximate surface area is 92.2 Å². The maximum absolute atomic E-state index is 11.7. The molecule has 82 valence electrons. The first-order chi connectivity index (χ1) is 7.59. The summed E-state index contributed by atoms with van der Waals surface area (Å²) >= 11 is 0. The smallest absolute Gasteiger partial charge is 0.274 e. The van der Waals surface area contributed by atoms with Gasteiger partial charge in [-0.25, -0.2) is 4.79 Å². The van der Waals surface area contributed by atoms with Crippen LogP contribution in [0.1, 0.15) is 11.1 Å². The van der Waals surface area contributed by atoms with Crippen LogP contribution in [0.3, 0.4) is 0 Å². The van der Waals surface area contributed by atoms with Crippen LogP contribution in [0, 0.1) is 13.8 Å². The summed E-state index contributed by atoms with van der Waals surface area (Å²) in [4.78, 5) is 24.9. The molecule has 0 aliphatic heterocycles. The number of aromatic amines is 1. The third-order valence-electron chi connectivity index (χ3n) is 2.50. The highest BCUT2D eigenvalue weighted by molar-refractivity contribution is 5.46. The topological polar surface area (TPSA) is 54.9 Å². The van der Waals surface area contributed by atoms with E-state index in [1.807, 2.05) is 32.0 Å². The van der Waals surface area contributed by atoms with E-state index in [0.29, 0.717) is 0 Å². The zero-order valence-electron chi connectivity index (χ0n) is 9.15. The normalized spacial score (nSPS) is 10.4. The fraction of sp³-hybridized carbons (Fsp3) is 0.167.